The van der Waals surface area contributed by atoms with Crippen LogP contribution in [0.3, 0.4) is 0 Å². The Balaban J connectivity index is 1.55. The van der Waals surface area contributed by atoms with E-state index in [-0.39, 0.29) is 12.0 Å². The molecule has 0 spiro atoms. The van der Waals surface area contributed by atoms with E-state index in [4.69, 9.17) is 4.74 Å². The van der Waals surface area contributed by atoms with E-state index in [1.165, 1.54) is 23.3 Å². The number of amides is 1. The van der Waals surface area contributed by atoms with Crippen LogP contribution < -0.4 is 0 Å². The predicted octanol–water partition coefficient (Wildman–Crippen LogP) is 3.84. The lowest BCUT2D eigenvalue weighted by Gasteiger charge is -2.24. The Morgan fingerprint density at radius 1 is 1.28 bits per heavy atom. The summed E-state index contributed by atoms with van der Waals surface area (Å²) in [6.45, 7) is 2.00. The molecule has 1 saturated heterocycles. The number of aryl methyl sites for hydroxylation is 2. The first kappa shape index (κ1) is 16.7. The van der Waals surface area contributed by atoms with Crippen molar-refractivity contribution in [3.05, 3.63) is 51.5 Å². The van der Waals surface area contributed by atoms with Crippen molar-refractivity contribution in [2.24, 2.45) is 0 Å². The summed E-state index contributed by atoms with van der Waals surface area (Å²) in [6.07, 6.45) is 8.79. The second-order valence-corrected chi connectivity index (χ2v) is 8.04. The zero-order valence-electron chi connectivity index (χ0n) is 14.4. The van der Waals surface area contributed by atoms with Gasteiger partial charge in [0.25, 0.3) is 5.91 Å². The van der Waals surface area contributed by atoms with Gasteiger partial charge >= 0.3 is 0 Å². The van der Waals surface area contributed by atoms with Crippen molar-refractivity contribution < 1.29 is 9.53 Å². The molecule has 4 nitrogen and oxygen atoms in total. The van der Waals surface area contributed by atoms with E-state index in [1.54, 1.807) is 17.5 Å². The third-order valence-corrected chi connectivity index (χ3v) is 6.25. The summed E-state index contributed by atoms with van der Waals surface area (Å²) in [4.78, 5) is 21.8. The predicted molar refractivity (Wildman–Crippen MR) is 98.9 cm³/mol. The van der Waals surface area contributed by atoms with E-state index in [9.17, 15) is 4.79 Å². The van der Waals surface area contributed by atoms with Gasteiger partial charge in [0.15, 0.2) is 0 Å². The fraction of sp³-hybridized carbons (Fsp3) is 0.500. The zero-order valence-corrected chi connectivity index (χ0v) is 15.3. The highest BCUT2D eigenvalue weighted by Crippen LogP contribution is 2.31. The molecule has 25 heavy (non-hydrogen) atoms. The SMILES string of the molecule is O=C(c1cc2c(s1)CCCC2)N(Cc1ccccn1)C[C@@H]1CCCO1. The molecule has 0 aromatic carbocycles. The van der Waals surface area contributed by atoms with Crippen molar-refractivity contribution >= 4 is 17.2 Å². The maximum atomic E-state index is 13.2. The van der Waals surface area contributed by atoms with Crippen LogP contribution in [0.2, 0.25) is 0 Å². The van der Waals surface area contributed by atoms with E-state index >= 15 is 0 Å². The number of ether oxygens (including phenoxy) is 1. The minimum absolute atomic E-state index is 0.126. The fourth-order valence-electron chi connectivity index (χ4n) is 3.69. The molecule has 132 valence electrons. The van der Waals surface area contributed by atoms with Crippen LogP contribution in [-0.4, -0.2) is 35.0 Å². The Morgan fingerprint density at radius 2 is 2.20 bits per heavy atom. The average Bonchev–Trinajstić information content (AvgIpc) is 3.30. The Bertz CT molecular complexity index is 699. The monoisotopic (exact) mass is 356 g/mol. The highest BCUT2D eigenvalue weighted by Gasteiger charge is 2.26. The van der Waals surface area contributed by atoms with Crippen LogP contribution in [0.15, 0.2) is 30.5 Å². The Hall–Kier alpha value is -1.72. The first-order valence-corrected chi connectivity index (χ1v) is 10.0. The van der Waals surface area contributed by atoms with E-state index in [0.29, 0.717) is 13.1 Å². The first-order valence-electron chi connectivity index (χ1n) is 9.22. The molecule has 2 aromatic rings. The molecule has 1 fully saturated rings. The van der Waals surface area contributed by atoms with E-state index < -0.39 is 0 Å². The van der Waals surface area contributed by atoms with E-state index in [0.717, 1.165) is 42.9 Å². The highest BCUT2D eigenvalue weighted by atomic mass is 32.1. The van der Waals surface area contributed by atoms with Crippen molar-refractivity contribution in [1.82, 2.24) is 9.88 Å². The molecular formula is C20H24N2O2S. The molecule has 0 bridgehead atoms. The highest BCUT2D eigenvalue weighted by molar-refractivity contribution is 7.14. The molecule has 0 saturated carbocycles. The summed E-state index contributed by atoms with van der Waals surface area (Å²) in [5.41, 5.74) is 2.31. The number of fused-ring (bicyclic) bond motifs is 1. The third kappa shape index (κ3) is 3.93. The summed E-state index contributed by atoms with van der Waals surface area (Å²) < 4.78 is 5.78. The number of hydrogen-bond donors (Lipinski definition) is 0. The van der Waals surface area contributed by atoms with Crippen LogP contribution in [0.25, 0.3) is 0 Å². The number of aromatic nitrogens is 1. The number of thiophene rings is 1. The van der Waals surface area contributed by atoms with Gasteiger partial charge in [0.2, 0.25) is 0 Å². The number of nitrogens with zero attached hydrogens (tertiary/aromatic N) is 2. The molecule has 1 atom stereocenters. The van der Waals surface area contributed by atoms with Gasteiger partial charge in [-0.15, -0.1) is 11.3 Å². The van der Waals surface area contributed by atoms with Crippen LogP contribution in [0.5, 0.6) is 0 Å². The van der Waals surface area contributed by atoms with Crippen LogP contribution in [0.4, 0.5) is 0 Å². The lowest BCUT2D eigenvalue weighted by atomic mass is 9.99. The summed E-state index contributed by atoms with van der Waals surface area (Å²) in [5, 5.41) is 0. The Labute approximate surface area is 152 Å². The smallest absolute Gasteiger partial charge is 0.264 e. The first-order chi connectivity index (χ1) is 12.3. The summed E-state index contributed by atoms with van der Waals surface area (Å²) in [6, 6.07) is 7.99. The summed E-state index contributed by atoms with van der Waals surface area (Å²) in [7, 11) is 0. The zero-order chi connectivity index (χ0) is 17.1. The summed E-state index contributed by atoms with van der Waals surface area (Å²) in [5.74, 6) is 0.126. The van der Waals surface area contributed by atoms with E-state index in [2.05, 4.69) is 11.1 Å². The molecule has 2 aliphatic rings. The van der Waals surface area contributed by atoms with Gasteiger partial charge in [-0.25, -0.2) is 0 Å². The molecule has 0 radical (unpaired) electrons. The van der Waals surface area contributed by atoms with Gasteiger partial charge in [-0.3, -0.25) is 9.78 Å². The molecule has 1 aliphatic heterocycles. The molecular weight excluding hydrogens is 332 g/mol. The number of pyridine rings is 1. The molecule has 3 heterocycles. The van der Waals surface area contributed by atoms with Gasteiger partial charge in [0.05, 0.1) is 23.2 Å². The van der Waals surface area contributed by atoms with Gasteiger partial charge in [0.1, 0.15) is 0 Å². The van der Waals surface area contributed by atoms with Crippen LogP contribution in [-0.2, 0) is 24.1 Å². The molecule has 0 unspecified atom stereocenters. The van der Waals surface area contributed by atoms with Crippen molar-refractivity contribution in [1.29, 1.82) is 0 Å². The van der Waals surface area contributed by atoms with Gasteiger partial charge in [0, 0.05) is 24.2 Å². The Kier molecular flexibility index (Phi) is 5.13. The largest absolute Gasteiger partial charge is 0.376 e. The minimum Gasteiger partial charge on any atom is -0.376 e. The number of rotatable bonds is 5. The van der Waals surface area contributed by atoms with Gasteiger partial charge in [-0.05, 0) is 62.3 Å². The van der Waals surface area contributed by atoms with Crippen molar-refractivity contribution in [2.75, 3.05) is 13.2 Å². The van der Waals surface area contributed by atoms with Gasteiger partial charge < -0.3 is 9.64 Å². The number of carbonyl (C=O) groups is 1. The number of carbonyl (C=O) groups excluding carboxylic acids is 1. The maximum absolute atomic E-state index is 13.2. The minimum atomic E-state index is 0.126. The Morgan fingerprint density at radius 3 is 2.96 bits per heavy atom. The normalized spacial score (nSPS) is 19.6. The average molecular weight is 356 g/mol. The van der Waals surface area contributed by atoms with Crippen molar-refractivity contribution in [2.45, 2.75) is 51.2 Å². The fourth-order valence-corrected chi connectivity index (χ4v) is 4.91. The molecule has 5 heteroatoms. The maximum Gasteiger partial charge on any atom is 0.264 e. The van der Waals surface area contributed by atoms with Crippen molar-refractivity contribution in [3.8, 4) is 0 Å². The topological polar surface area (TPSA) is 42.4 Å². The lowest BCUT2D eigenvalue weighted by Crippen LogP contribution is -2.36. The molecule has 4 rings (SSSR count). The van der Waals surface area contributed by atoms with Crippen LogP contribution in [0.1, 0.15) is 51.5 Å². The quantitative estimate of drug-likeness (QED) is 0.817. The lowest BCUT2D eigenvalue weighted by molar-refractivity contribution is 0.0508. The number of hydrogen-bond acceptors (Lipinski definition) is 4. The molecule has 1 amide bonds. The second-order valence-electron chi connectivity index (χ2n) is 6.91. The molecule has 0 N–H and O–H groups in total. The van der Waals surface area contributed by atoms with Crippen LogP contribution >= 0.6 is 11.3 Å². The molecule has 2 aromatic heterocycles. The van der Waals surface area contributed by atoms with Crippen molar-refractivity contribution in [3.63, 3.8) is 0 Å². The van der Waals surface area contributed by atoms with Gasteiger partial charge in [-0.1, -0.05) is 6.07 Å². The van der Waals surface area contributed by atoms with Crippen LogP contribution in [0, 0.1) is 0 Å². The summed E-state index contributed by atoms with van der Waals surface area (Å²) >= 11 is 1.69. The second kappa shape index (κ2) is 7.67. The third-order valence-electron chi connectivity index (χ3n) is 5.02. The standard InChI is InChI=1S/C20H24N2O2S/c23-20(19-12-15-6-1-2-9-18(15)25-19)22(14-17-8-5-11-24-17)13-16-7-3-4-10-21-16/h3-4,7,10,12,17H,1-2,5-6,8-9,11,13-14H2/t17-/m0/s1. The molecule has 1 aliphatic carbocycles. The van der Waals surface area contributed by atoms with Gasteiger partial charge in [-0.2, -0.15) is 0 Å². The van der Waals surface area contributed by atoms with E-state index in [1.807, 2.05) is 23.1 Å².